The summed E-state index contributed by atoms with van der Waals surface area (Å²) in [6.45, 7) is 0. The van der Waals surface area contributed by atoms with Gasteiger partial charge in [-0.05, 0) is 42.5 Å². The fourth-order valence-electron chi connectivity index (χ4n) is 1.37. The van der Waals surface area contributed by atoms with Crippen LogP contribution in [-0.4, -0.2) is 8.42 Å². The summed E-state index contributed by atoms with van der Waals surface area (Å²) in [5.41, 5.74) is 0. The number of primary sulfonamides is 1. The lowest BCUT2D eigenvalue weighted by Crippen LogP contribution is -2.11. The Kier molecular flexibility index (Phi) is 4.01. The van der Waals surface area contributed by atoms with Gasteiger partial charge in [-0.15, -0.1) is 0 Å². The van der Waals surface area contributed by atoms with Gasteiger partial charge < -0.3 is 4.74 Å². The Hall–Kier alpha value is -1.27. The van der Waals surface area contributed by atoms with Gasteiger partial charge in [-0.25, -0.2) is 13.6 Å². The van der Waals surface area contributed by atoms with Crippen LogP contribution in [-0.2, 0) is 10.0 Å². The van der Waals surface area contributed by atoms with Gasteiger partial charge in [0.1, 0.15) is 11.5 Å². The van der Waals surface area contributed by atoms with E-state index in [2.05, 4.69) is 0 Å². The maximum atomic E-state index is 11.2. The molecule has 0 spiro atoms. The molecule has 2 aromatic rings. The molecule has 2 rings (SSSR count). The van der Waals surface area contributed by atoms with E-state index in [1.165, 1.54) is 18.2 Å². The maximum absolute atomic E-state index is 11.2. The fourth-order valence-corrected chi connectivity index (χ4v) is 2.32. The lowest BCUT2D eigenvalue weighted by molar-refractivity contribution is 0.482. The van der Waals surface area contributed by atoms with E-state index in [0.29, 0.717) is 16.5 Å². The SMILES string of the molecule is NS(=O)(=O)c1ccc(Oc2ccc(Cl)cc2)c(Cl)c1. The van der Waals surface area contributed by atoms with Crippen LogP contribution in [0.5, 0.6) is 11.5 Å². The second kappa shape index (κ2) is 5.38. The minimum Gasteiger partial charge on any atom is -0.456 e. The molecule has 2 aromatic carbocycles. The van der Waals surface area contributed by atoms with Crippen LogP contribution in [0.15, 0.2) is 47.4 Å². The molecule has 0 saturated heterocycles. The molecule has 0 amide bonds. The number of ether oxygens (including phenoxy) is 1. The summed E-state index contributed by atoms with van der Waals surface area (Å²) in [4.78, 5) is -0.0686. The Morgan fingerprint density at radius 3 is 2.16 bits per heavy atom. The molecule has 0 atom stereocenters. The molecule has 19 heavy (non-hydrogen) atoms. The number of nitrogens with two attached hydrogens (primary N) is 1. The van der Waals surface area contributed by atoms with Crippen LogP contribution in [0, 0.1) is 0 Å². The molecular formula is C12H9Cl2NO3S. The number of hydrogen-bond acceptors (Lipinski definition) is 3. The summed E-state index contributed by atoms with van der Waals surface area (Å²) in [5, 5.41) is 5.74. The van der Waals surface area contributed by atoms with Gasteiger partial charge in [0.25, 0.3) is 0 Å². The normalized spacial score (nSPS) is 11.3. The second-order valence-corrected chi connectivity index (χ2v) is 6.10. The minimum atomic E-state index is -3.78. The number of rotatable bonds is 3. The monoisotopic (exact) mass is 317 g/mol. The standard InChI is InChI=1S/C12H9Cl2NO3S/c13-8-1-3-9(4-2-8)18-12-6-5-10(7-11(12)14)19(15,16)17/h1-7H,(H2,15,16,17). The number of hydrogen-bond donors (Lipinski definition) is 1. The van der Waals surface area contributed by atoms with Crippen LogP contribution >= 0.6 is 23.2 Å². The molecule has 4 nitrogen and oxygen atoms in total. The third-order valence-electron chi connectivity index (χ3n) is 2.27. The average molecular weight is 318 g/mol. The van der Waals surface area contributed by atoms with E-state index in [1.807, 2.05) is 0 Å². The highest BCUT2D eigenvalue weighted by atomic mass is 35.5. The van der Waals surface area contributed by atoms with Crippen molar-refractivity contribution in [2.24, 2.45) is 5.14 Å². The third kappa shape index (κ3) is 3.61. The Balaban J connectivity index is 2.29. The largest absolute Gasteiger partial charge is 0.456 e. The van der Waals surface area contributed by atoms with Crippen molar-refractivity contribution in [3.8, 4) is 11.5 Å². The molecule has 0 unspecified atom stereocenters. The average Bonchev–Trinajstić information content (AvgIpc) is 2.33. The van der Waals surface area contributed by atoms with Crippen molar-refractivity contribution < 1.29 is 13.2 Å². The van der Waals surface area contributed by atoms with E-state index in [9.17, 15) is 8.42 Å². The number of benzene rings is 2. The van der Waals surface area contributed by atoms with E-state index in [4.69, 9.17) is 33.1 Å². The fraction of sp³-hybridized carbons (Fsp3) is 0. The van der Waals surface area contributed by atoms with Crippen LogP contribution < -0.4 is 9.88 Å². The zero-order valence-corrected chi connectivity index (χ0v) is 11.8. The van der Waals surface area contributed by atoms with E-state index in [1.54, 1.807) is 24.3 Å². The van der Waals surface area contributed by atoms with Crippen LogP contribution in [0.25, 0.3) is 0 Å². The van der Waals surface area contributed by atoms with Crippen molar-refractivity contribution in [1.82, 2.24) is 0 Å². The quantitative estimate of drug-likeness (QED) is 0.942. The lowest BCUT2D eigenvalue weighted by Gasteiger charge is -2.08. The van der Waals surface area contributed by atoms with E-state index in [-0.39, 0.29) is 9.92 Å². The Bertz CT molecular complexity index is 699. The van der Waals surface area contributed by atoms with Gasteiger partial charge in [-0.2, -0.15) is 0 Å². The molecule has 0 radical (unpaired) electrons. The van der Waals surface area contributed by atoms with E-state index < -0.39 is 10.0 Å². The van der Waals surface area contributed by atoms with Crippen molar-refractivity contribution in [1.29, 1.82) is 0 Å². The van der Waals surface area contributed by atoms with Crippen LogP contribution in [0.1, 0.15) is 0 Å². The third-order valence-corrected chi connectivity index (χ3v) is 3.73. The second-order valence-electron chi connectivity index (χ2n) is 3.69. The summed E-state index contributed by atoms with van der Waals surface area (Å²) in [5.74, 6) is 0.867. The van der Waals surface area contributed by atoms with Crippen LogP contribution in [0.3, 0.4) is 0 Å². The highest BCUT2D eigenvalue weighted by Crippen LogP contribution is 2.31. The molecule has 0 aliphatic carbocycles. The highest BCUT2D eigenvalue weighted by molar-refractivity contribution is 7.89. The van der Waals surface area contributed by atoms with Gasteiger partial charge in [0, 0.05) is 5.02 Å². The first-order chi connectivity index (χ1) is 8.86. The number of halogens is 2. The summed E-state index contributed by atoms with van der Waals surface area (Å²) < 4.78 is 27.8. The van der Waals surface area contributed by atoms with Gasteiger partial charge in [-0.1, -0.05) is 23.2 Å². The predicted octanol–water partition coefficient (Wildman–Crippen LogP) is 3.43. The Morgan fingerprint density at radius 2 is 1.63 bits per heavy atom. The molecule has 0 fully saturated rings. The van der Waals surface area contributed by atoms with Crippen molar-refractivity contribution in [3.63, 3.8) is 0 Å². The molecular weight excluding hydrogens is 309 g/mol. The highest BCUT2D eigenvalue weighted by Gasteiger charge is 2.11. The van der Waals surface area contributed by atoms with Crippen molar-refractivity contribution in [2.75, 3.05) is 0 Å². The summed E-state index contributed by atoms with van der Waals surface area (Å²) >= 11 is 11.7. The minimum absolute atomic E-state index is 0.0686. The van der Waals surface area contributed by atoms with Gasteiger partial charge in [0.05, 0.1) is 9.92 Å². The first-order valence-electron chi connectivity index (χ1n) is 5.12. The van der Waals surface area contributed by atoms with E-state index >= 15 is 0 Å². The van der Waals surface area contributed by atoms with Gasteiger partial charge in [-0.3, -0.25) is 0 Å². The maximum Gasteiger partial charge on any atom is 0.238 e. The first kappa shape index (κ1) is 14.1. The summed E-state index contributed by atoms with van der Waals surface area (Å²) in [7, 11) is -3.78. The molecule has 2 N–H and O–H groups in total. The van der Waals surface area contributed by atoms with Gasteiger partial charge in [0.2, 0.25) is 10.0 Å². The molecule has 0 saturated carbocycles. The van der Waals surface area contributed by atoms with E-state index in [0.717, 1.165) is 0 Å². The van der Waals surface area contributed by atoms with Crippen LogP contribution in [0.4, 0.5) is 0 Å². The molecule has 0 aliphatic rings. The van der Waals surface area contributed by atoms with Crippen molar-refractivity contribution >= 4 is 33.2 Å². The Labute approximate surface area is 120 Å². The molecule has 0 heterocycles. The predicted molar refractivity (Wildman–Crippen MR) is 74.4 cm³/mol. The first-order valence-corrected chi connectivity index (χ1v) is 7.42. The zero-order chi connectivity index (χ0) is 14.0. The van der Waals surface area contributed by atoms with Gasteiger partial charge in [0.15, 0.2) is 0 Å². The summed E-state index contributed by atoms with van der Waals surface area (Å²) in [6, 6.07) is 10.7. The molecule has 0 aromatic heterocycles. The lowest BCUT2D eigenvalue weighted by atomic mass is 10.3. The topological polar surface area (TPSA) is 69.4 Å². The van der Waals surface area contributed by atoms with Gasteiger partial charge >= 0.3 is 0 Å². The smallest absolute Gasteiger partial charge is 0.238 e. The zero-order valence-electron chi connectivity index (χ0n) is 9.51. The molecule has 100 valence electrons. The van der Waals surface area contributed by atoms with Crippen molar-refractivity contribution in [2.45, 2.75) is 4.90 Å². The number of sulfonamides is 1. The summed E-state index contributed by atoms with van der Waals surface area (Å²) in [6.07, 6.45) is 0. The van der Waals surface area contributed by atoms with Crippen LogP contribution in [0.2, 0.25) is 10.0 Å². The molecule has 0 bridgehead atoms. The molecule has 7 heteroatoms. The molecule has 0 aliphatic heterocycles. The Morgan fingerprint density at radius 1 is 1.00 bits per heavy atom. The van der Waals surface area contributed by atoms with Crippen molar-refractivity contribution in [3.05, 3.63) is 52.5 Å².